The third kappa shape index (κ3) is 4.87. The number of aromatic nitrogens is 1. The number of phenolic OH excluding ortho intramolecular Hbond substituents is 1. The molecule has 0 radical (unpaired) electrons. The van der Waals surface area contributed by atoms with Gasteiger partial charge in [-0.15, -0.1) is 0 Å². The molecule has 2 aromatic carbocycles. The number of phenols is 1. The topological polar surface area (TPSA) is 123 Å². The minimum absolute atomic E-state index is 0.00458. The van der Waals surface area contributed by atoms with Gasteiger partial charge in [-0.1, -0.05) is 30.3 Å². The van der Waals surface area contributed by atoms with Crippen LogP contribution in [0, 0.1) is 13.8 Å². The molecule has 42 heavy (non-hydrogen) atoms. The molecule has 3 N–H and O–H groups in total. The number of hydrogen-bond donors (Lipinski definition) is 3. The summed E-state index contributed by atoms with van der Waals surface area (Å²) >= 11 is 0. The number of fused-ring (bicyclic) bond motifs is 1. The monoisotopic (exact) mass is 578 g/mol. The van der Waals surface area contributed by atoms with E-state index in [9.17, 15) is 24.6 Å². The van der Waals surface area contributed by atoms with Crippen LogP contribution in [0.2, 0.25) is 0 Å². The van der Waals surface area contributed by atoms with Gasteiger partial charge in [0.05, 0.1) is 12.6 Å². The molecular formula is C31H32F2N4O5. The van der Waals surface area contributed by atoms with Crippen LogP contribution in [0.5, 0.6) is 5.75 Å². The Morgan fingerprint density at radius 2 is 1.76 bits per heavy atom. The zero-order valence-electron chi connectivity index (χ0n) is 23.4. The van der Waals surface area contributed by atoms with E-state index in [2.05, 4.69) is 10.3 Å². The number of alkyl halides is 2. The van der Waals surface area contributed by atoms with Crippen molar-refractivity contribution in [1.29, 1.82) is 0 Å². The van der Waals surface area contributed by atoms with Gasteiger partial charge < -0.3 is 25.3 Å². The second kappa shape index (κ2) is 10.8. The van der Waals surface area contributed by atoms with Crippen LogP contribution in [0.15, 0.2) is 67.0 Å². The van der Waals surface area contributed by atoms with Gasteiger partial charge in [0.15, 0.2) is 6.10 Å². The molecule has 3 heterocycles. The first-order valence-electron chi connectivity index (χ1n) is 13.6. The number of benzene rings is 2. The fraction of sp³-hybridized carbons (Fsp3) is 0.355. The first kappa shape index (κ1) is 29.1. The van der Waals surface area contributed by atoms with E-state index in [4.69, 9.17) is 0 Å². The summed E-state index contributed by atoms with van der Waals surface area (Å²) in [5.41, 5.74) is 0.392. The average molecular weight is 579 g/mol. The molecule has 1 aromatic heterocycles. The Morgan fingerprint density at radius 3 is 2.43 bits per heavy atom. The van der Waals surface area contributed by atoms with E-state index >= 15 is 8.78 Å². The van der Waals surface area contributed by atoms with Gasteiger partial charge in [-0.3, -0.25) is 19.4 Å². The molecule has 3 amide bonds. The first-order valence-corrected chi connectivity index (χ1v) is 13.6. The number of pyridine rings is 1. The molecule has 0 saturated carbocycles. The van der Waals surface area contributed by atoms with Crippen LogP contribution < -0.4 is 5.32 Å². The highest BCUT2D eigenvalue weighted by Crippen LogP contribution is 2.53. The van der Waals surface area contributed by atoms with Crippen molar-refractivity contribution >= 4 is 17.7 Å². The lowest BCUT2D eigenvalue weighted by Crippen LogP contribution is -2.78. The molecule has 9 nitrogen and oxygen atoms in total. The number of halogens is 2. The zero-order valence-corrected chi connectivity index (χ0v) is 23.4. The summed E-state index contributed by atoms with van der Waals surface area (Å²) in [6, 6.07) is 12.4. The highest BCUT2D eigenvalue weighted by atomic mass is 19.3. The molecule has 2 aliphatic rings. The Bertz CT molecular complexity index is 1520. The summed E-state index contributed by atoms with van der Waals surface area (Å²) < 4.78 is 31.1. The maximum absolute atomic E-state index is 15.5. The van der Waals surface area contributed by atoms with Crippen molar-refractivity contribution in [3.63, 3.8) is 0 Å². The number of likely N-dealkylation sites (tertiary alicyclic amines) is 2. The summed E-state index contributed by atoms with van der Waals surface area (Å²) in [5.74, 6) is -5.93. The van der Waals surface area contributed by atoms with Crippen molar-refractivity contribution in [2.75, 3.05) is 6.54 Å². The van der Waals surface area contributed by atoms with Gasteiger partial charge in [-0.05, 0) is 68.1 Å². The third-order valence-corrected chi connectivity index (χ3v) is 8.41. The number of nitrogens with zero attached hydrogens (tertiary/aromatic N) is 3. The highest BCUT2D eigenvalue weighted by Gasteiger charge is 2.77. The van der Waals surface area contributed by atoms with Crippen LogP contribution in [0.3, 0.4) is 0 Å². The Kier molecular flexibility index (Phi) is 7.48. The van der Waals surface area contributed by atoms with Crippen molar-refractivity contribution in [1.82, 2.24) is 20.1 Å². The van der Waals surface area contributed by atoms with E-state index in [-0.39, 0.29) is 24.3 Å². The van der Waals surface area contributed by atoms with Crippen LogP contribution in [0.1, 0.15) is 39.5 Å². The number of rotatable bonds is 8. The molecule has 2 aliphatic heterocycles. The lowest BCUT2D eigenvalue weighted by atomic mass is 9.77. The number of hydrogen-bond acceptors (Lipinski definition) is 6. The van der Waals surface area contributed by atoms with Crippen molar-refractivity contribution in [3.8, 4) is 5.75 Å². The Labute approximate surface area is 241 Å². The van der Waals surface area contributed by atoms with Gasteiger partial charge in [-0.2, -0.15) is 0 Å². The number of aromatic hydroxyl groups is 1. The molecular weight excluding hydrogens is 546 g/mol. The summed E-state index contributed by atoms with van der Waals surface area (Å²) in [4.78, 5) is 45.9. The van der Waals surface area contributed by atoms with Crippen molar-refractivity contribution in [2.24, 2.45) is 0 Å². The summed E-state index contributed by atoms with van der Waals surface area (Å²) in [6.07, 6.45) is 1.07. The molecule has 0 spiro atoms. The zero-order chi connectivity index (χ0) is 30.4. The summed E-state index contributed by atoms with van der Waals surface area (Å²) in [5, 5.41) is 24.2. The minimum Gasteiger partial charge on any atom is -0.508 e. The van der Waals surface area contributed by atoms with E-state index in [0.29, 0.717) is 22.3 Å². The van der Waals surface area contributed by atoms with E-state index < -0.39 is 53.9 Å². The Balaban J connectivity index is 1.41. The number of amides is 3. The van der Waals surface area contributed by atoms with Gasteiger partial charge in [0.2, 0.25) is 5.91 Å². The average Bonchev–Trinajstić information content (AvgIpc) is 3.16. The molecule has 220 valence electrons. The normalized spacial score (nSPS) is 22.2. The van der Waals surface area contributed by atoms with E-state index in [1.807, 2.05) is 0 Å². The molecule has 5 rings (SSSR count). The van der Waals surface area contributed by atoms with Crippen LogP contribution >= 0.6 is 0 Å². The maximum atomic E-state index is 15.5. The Hall–Kier alpha value is -4.38. The molecule has 11 heteroatoms. The number of aliphatic hydroxyl groups excluding tert-OH is 1. The van der Waals surface area contributed by atoms with E-state index in [1.165, 1.54) is 25.4 Å². The second-order valence-corrected chi connectivity index (χ2v) is 11.2. The number of β-lactam (4-membered cyclic amide) rings is 1. The van der Waals surface area contributed by atoms with Crippen molar-refractivity contribution < 1.29 is 33.4 Å². The molecule has 2 unspecified atom stereocenters. The van der Waals surface area contributed by atoms with Crippen LogP contribution in [0.4, 0.5) is 8.78 Å². The molecule has 2 saturated heterocycles. The van der Waals surface area contributed by atoms with E-state index in [0.717, 1.165) is 9.80 Å². The molecule has 0 bridgehead atoms. The lowest BCUT2D eigenvalue weighted by molar-refractivity contribution is -0.193. The van der Waals surface area contributed by atoms with Gasteiger partial charge in [0, 0.05) is 30.1 Å². The molecule has 4 atom stereocenters. The van der Waals surface area contributed by atoms with Crippen LogP contribution in [-0.4, -0.2) is 78.9 Å². The maximum Gasteiger partial charge on any atom is 0.290 e. The lowest BCUT2D eigenvalue weighted by Gasteiger charge is -2.54. The van der Waals surface area contributed by atoms with Crippen molar-refractivity contribution in [3.05, 3.63) is 94.8 Å². The summed E-state index contributed by atoms with van der Waals surface area (Å²) in [6.45, 7) is 3.37. The SMILES string of the molecule is Cc1cc(O)c(C)c(C(=O)N[C@@H](Cc2ccccc2)[C@H](O)C(=O)N2CC(F)(F)C3(C)C2C(=O)N3Cc2ccncc2)c1. The second-order valence-electron chi connectivity index (χ2n) is 11.2. The fourth-order valence-electron chi connectivity index (χ4n) is 5.89. The number of carbonyl (C=O) groups is 3. The quantitative estimate of drug-likeness (QED) is 0.354. The van der Waals surface area contributed by atoms with Gasteiger partial charge in [0.1, 0.15) is 17.3 Å². The van der Waals surface area contributed by atoms with Crippen LogP contribution in [-0.2, 0) is 22.6 Å². The molecule has 0 aliphatic carbocycles. The van der Waals surface area contributed by atoms with Crippen LogP contribution in [0.25, 0.3) is 0 Å². The number of nitrogens with one attached hydrogen (secondary N) is 1. The number of aliphatic hydroxyl groups is 1. The number of carbonyl (C=O) groups excluding carboxylic acids is 3. The summed E-state index contributed by atoms with van der Waals surface area (Å²) in [7, 11) is 0. The predicted octanol–water partition coefficient (Wildman–Crippen LogP) is 2.75. The van der Waals surface area contributed by atoms with Gasteiger partial charge in [0.25, 0.3) is 17.7 Å². The number of aryl methyl sites for hydroxylation is 1. The predicted molar refractivity (Wildman–Crippen MR) is 149 cm³/mol. The third-order valence-electron chi connectivity index (χ3n) is 8.41. The minimum atomic E-state index is -3.46. The Morgan fingerprint density at radius 1 is 1.10 bits per heavy atom. The van der Waals surface area contributed by atoms with E-state index in [1.54, 1.807) is 62.4 Å². The fourth-order valence-corrected chi connectivity index (χ4v) is 5.89. The molecule has 2 fully saturated rings. The largest absolute Gasteiger partial charge is 0.508 e. The smallest absolute Gasteiger partial charge is 0.290 e. The first-order chi connectivity index (χ1) is 19.8. The standard InChI is InChI=1S/C31H32F2N4O5/c1-18-13-22(19(2)24(38)14-18)27(40)35-23(15-20-7-5-4-6-8-20)25(39)28(41)36-17-31(32,33)30(3)26(36)29(42)37(30)16-21-9-11-34-12-10-21/h4-14,23,25-26,38-39H,15-17H2,1-3H3,(H,35,40)/t23-,25-,26?,30?/m0/s1. The highest BCUT2D eigenvalue weighted by molar-refractivity contribution is 5.99. The van der Waals surface area contributed by atoms with Gasteiger partial charge in [-0.25, -0.2) is 8.78 Å². The van der Waals surface area contributed by atoms with Gasteiger partial charge >= 0.3 is 0 Å². The van der Waals surface area contributed by atoms with Crippen molar-refractivity contribution in [2.45, 2.75) is 63.4 Å². The molecule has 3 aromatic rings.